The Morgan fingerprint density at radius 1 is 1.19 bits per heavy atom. The van der Waals surface area contributed by atoms with Crippen LogP contribution in [0.1, 0.15) is 19.5 Å². The molecule has 2 aromatic rings. The molecule has 0 aliphatic heterocycles. The van der Waals surface area contributed by atoms with E-state index >= 15 is 0 Å². The highest BCUT2D eigenvalue weighted by Gasteiger charge is 2.42. The maximum Gasteiger partial charge on any atom is 0.437 e. The van der Waals surface area contributed by atoms with E-state index in [0.29, 0.717) is 17.9 Å². The number of rotatable bonds is 6. The fourth-order valence-corrected chi connectivity index (χ4v) is 3.32. The largest absolute Gasteiger partial charge is 0.437 e. The number of benzene rings is 1. The Kier molecular flexibility index (Phi) is 6.13. The number of halogens is 6. The fourth-order valence-electron chi connectivity index (χ4n) is 2.27. The number of aromatic nitrogens is 2. The van der Waals surface area contributed by atoms with Crippen LogP contribution in [0.15, 0.2) is 17.2 Å². The lowest BCUT2D eigenvalue weighted by atomic mass is 10.2. The molecule has 0 atom stereocenters. The highest BCUT2D eigenvalue weighted by atomic mass is 32.2. The van der Waals surface area contributed by atoms with Crippen molar-refractivity contribution in [2.75, 3.05) is 10.7 Å². The van der Waals surface area contributed by atoms with Crippen molar-refractivity contribution in [2.24, 2.45) is 13.0 Å². The van der Waals surface area contributed by atoms with Crippen LogP contribution in [0.2, 0.25) is 0 Å². The van der Waals surface area contributed by atoms with Gasteiger partial charge in [-0.2, -0.15) is 18.3 Å². The first-order chi connectivity index (χ1) is 12.5. The van der Waals surface area contributed by atoms with Gasteiger partial charge in [0.25, 0.3) is 0 Å². The highest BCUT2D eigenvalue weighted by Crippen LogP contribution is 2.45. The van der Waals surface area contributed by atoms with Crippen LogP contribution in [0.3, 0.4) is 0 Å². The van der Waals surface area contributed by atoms with Crippen LogP contribution in [-0.4, -0.2) is 21.9 Å². The van der Waals surface area contributed by atoms with E-state index in [9.17, 15) is 31.1 Å². The number of aryl methyl sites for hydroxylation is 1. The van der Waals surface area contributed by atoms with Gasteiger partial charge in [-0.3, -0.25) is 14.4 Å². The van der Waals surface area contributed by atoms with Gasteiger partial charge in [0.1, 0.15) is 16.4 Å². The molecule has 0 aliphatic carbocycles. The number of carbonyl (C=O) groups excluding carboxylic acids is 1. The zero-order valence-corrected chi connectivity index (χ0v) is 15.3. The number of hydrogen-bond acceptors (Lipinski definition) is 3. The molecule has 4 nitrogen and oxygen atoms in total. The van der Waals surface area contributed by atoms with Crippen LogP contribution in [0.5, 0.6) is 0 Å². The van der Waals surface area contributed by atoms with Gasteiger partial charge >= 0.3 is 6.18 Å². The Hall–Kier alpha value is -2.17. The van der Waals surface area contributed by atoms with E-state index in [4.69, 9.17) is 0 Å². The molecule has 0 fully saturated rings. The predicted octanol–water partition coefficient (Wildman–Crippen LogP) is 4.90. The van der Waals surface area contributed by atoms with Crippen molar-refractivity contribution in [2.45, 2.75) is 25.0 Å². The monoisotopic (exact) mass is 411 g/mol. The molecule has 27 heavy (non-hydrogen) atoms. The van der Waals surface area contributed by atoms with Crippen LogP contribution in [0.4, 0.5) is 37.7 Å². The normalized spacial score (nSPS) is 11.9. The second kappa shape index (κ2) is 7.83. The van der Waals surface area contributed by atoms with E-state index in [1.807, 2.05) is 13.8 Å². The first-order valence-corrected chi connectivity index (χ1v) is 8.62. The molecule has 1 aromatic heterocycles. The van der Waals surface area contributed by atoms with Gasteiger partial charge in [-0.15, -0.1) is 11.8 Å². The highest BCUT2D eigenvalue weighted by molar-refractivity contribution is 7.99. The molecule has 0 N–H and O–H groups in total. The summed E-state index contributed by atoms with van der Waals surface area (Å²) in [6.07, 6.45) is -5.21. The molecule has 148 valence electrons. The Morgan fingerprint density at radius 3 is 2.30 bits per heavy atom. The number of alkyl halides is 3. The van der Waals surface area contributed by atoms with Crippen molar-refractivity contribution in [3.05, 3.63) is 35.3 Å². The quantitative estimate of drug-likeness (QED) is 0.294. The van der Waals surface area contributed by atoms with Gasteiger partial charge in [-0.05, 0) is 18.1 Å². The molecule has 2 rings (SSSR count). The topological polar surface area (TPSA) is 38.1 Å². The minimum Gasteiger partial charge on any atom is -0.278 e. The Bertz CT molecular complexity index is 850. The molecular weight excluding hydrogens is 396 g/mol. The maximum absolute atomic E-state index is 14.1. The van der Waals surface area contributed by atoms with E-state index in [-0.39, 0.29) is 22.3 Å². The zero-order chi connectivity index (χ0) is 20.5. The lowest BCUT2D eigenvalue weighted by Gasteiger charge is -2.21. The van der Waals surface area contributed by atoms with Crippen molar-refractivity contribution in [3.63, 3.8) is 0 Å². The molecule has 1 aromatic carbocycles. The smallest absolute Gasteiger partial charge is 0.278 e. The number of carbonyl (C=O) groups is 1. The van der Waals surface area contributed by atoms with Gasteiger partial charge in [-0.25, -0.2) is 13.2 Å². The Balaban J connectivity index is 2.77. The average molecular weight is 411 g/mol. The van der Waals surface area contributed by atoms with Gasteiger partial charge in [0.15, 0.2) is 23.1 Å². The number of nitrogens with zero attached hydrogens (tertiary/aromatic N) is 3. The number of anilines is 2. The summed E-state index contributed by atoms with van der Waals surface area (Å²) < 4.78 is 83.0. The molecule has 0 saturated heterocycles. The minimum atomic E-state index is -5.01. The van der Waals surface area contributed by atoms with Crippen molar-refractivity contribution >= 4 is 29.5 Å². The molecule has 1 amide bonds. The third-order valence-corrected chi connectivity index (χ3v) is 4.96. The van der Waals surface area contributed by atoms with E-state index in [1.54, 1.807) is 0 Å². The first kappa shape index (κ1) is 21.1. The van der Waals surface area contributed by atoms with E-state index in [1.165, 1.54) is 7.05 Å². The lowest BCUT2D eigenvalue weighted by molar-refractivity contribution is -0.140. The van der Waals surface area contributed by atoms with Gasteiger partial charge in [0.2, 0.25) is 6.41 Å². The summed E-state index contributed by atoms with van der Waals surface area (Å²) in [5.41, 5.74) is -3.60. The first-order valence-electron chi connectivity index (χ1n) is 7.64. The Labute approximate surface area is 155 Å². The number of hydrogen-bond donors (Lipinski definition) is 0. The summed E-state index contributed by atoms with van der Waals surface area (Å²) >= 11 is 0.934. The Morgan fingerprint density at radius 2 is 1.78 bits per heavy atom. The predicted molar refractivity (Wildman–Crippen MR) is 88.3 cm³/mol. The minimum absolute atomic E-state index is 0.0689. The third kappa shape index (κ3) is 4.23. The van der Waals surface area contributed by atoms with E-state index < -0.39 is 40.7 Å². The molecule has 1 heterocycles. The van der Waals surface area contributed by atoms with E-state index in [0.717, 1.165) is 16.4 Å². The van der Waals surface area contributed by atoms with Crippen molar-refractivity contribution in [1.29, 1.82) is 0 Å². The second-order valence-electron chi connectivity index (χ2n) is 6.00. The fraction of sp³-hybridized carbons (Fsp3) is 0.375. The molecule has 0 spiro atoms. The van der Waals surface area contributed by atoms with Gasteiger partial charge in [0, 0.05) is 12.8 Å². The summed E-state index contributed by atoms with van der Waals surface area (Å²) in [6, 6.07) is 0.994. The van der Waals surface area contributed by atoms with E-state index in [2.05, 4.69) is 5.10 Å². The third-order valence-electron chi connectivity index (χ3n) is 3.40. The van der Waals surface area contributed by atoms with Crippen LogP contribution in [-0.2, 0) is 18.0 Å². The lowest BCUT2D eigenvalue weighted by Crippen LogP contribution is -2.22. The van der Waals surface area contributed by atoms with Crippen molar-refractivity contribution in [3.8, 4) is 0 Å². The summed E-state index contributed by atoms with van der Waals surface area (Å²) in [5.74, 6) is -4.26. The summed E-state index contributed by atoms with van der Waals surface area (Å²) in [7, 11) is 1.21. The molecule has 0 saturated carbocycles. The molecule has 0 radical (unpaired) electrons. The van der Waals surface area contributed by atoms with Crippen molar-refractivity contribution in [1.82, 2.24) is 9.78 Å². The standard InChI is InChI=1S/C16H15F6N3OS/c1-8(2)6-27-15-13(14(16(20,21)22)23-24(15)3)25(7-26)12-10(18)5-4-9(17)11(12)19/h4-5,7-8H,6H2,1-3H3. The molecule has 0 unspecified atom stereocenters. The van der Waals surface area contributed by atoms with Crippen LogP contribution >= 0.6 is 11.8 Å². The molecular formula is C16H15F6N3OS. The molecule has 0 bridgehead atoms. The molecule has 11 heteroatoms. The van der Waals surface area contributed by atoms with Crippen molar-refractivity contribution < 1.29 is 31.1 Å². The van der Waals surface area contributed by atoms with Crippen LogP contribution < -0.4 is 4.90 Å². The SMILES string of the molecule is CC(C)CSc1c(N(C=O)c2c(F)ccc(F)c2F)c(C(F)(F)F)nn1C. The number of amides is 1. The van der Waals surface area contributed by atoms with Gasteiger partial charge in [-0.1, -0.05) is 13.8 Å². The summed E-state index contributed by atoms with van der Waals surface area (Å²) in [4.78, 5) is 11.7. The number of thioether (sulfide) groups is 1. The van der Waals surface area contributed by atoms with Gasteiger partial charge in [0.05, 0.1) is 0 Å². The summed E-state index contributed by atoms with van der Waals surface area (Å²) in [5, 5.41) is 3.23. The summed E-state index contributed by atoms with van der Waals surface area (Å²) in [6.45, 7) is 3.63. The second-order valence-corrected chi connectivity index (χ2v) is 7.00. The van der Waals surface area contributed by atoms with Crippen LogP contribution in [0.25, 0.3) is 0 Å². The maximum atomic E-state index is 14.1. The zero-order valence-electron chi connectivity index (χ0n) is 14.4. The van der Waals surface area contributed by atoms with Gasteiger partial charge < -0.3 is 0 Å². The molecule has 0 aliphatic rings. The van der Waals surface area contributed by atoms with Crippen LogP contribution in [0, 0.1) is 23.4 Å². The average Bonchev–Trinajstić information content (AvgIpc) is 2.90.